The minimum atomic E-state index is -0.278. The first-order chi connectivity index (χ1) is 18.0. The molecule has 2 aliphatic heterocycles. The number of halogens is 1. The smallest absolute Gasteiger partial charge is 0.229 e. The molecule has 0 amide bonds. The molecule has 3 aromatic rings. The minimum absolute atomic E-state index is 0.278. The van der Waals surface area contributed by atoms with Gasteiger partial charge >= 0.3 is 0 Å². The van der Waals surface area contributed by atoms with Gasteiger partial charge in [0.15, 0.2) is 5.82 Å². The zero-order valence-electron chi connectivity index (χ0n) is 21.9. The number of ether oxygens (including phenoxy) is 1. The number of benzene rings is 2. The number of hydrogen-bond donors (Lipinski definition) is 2. The molecule has 1 aromatic heterocycles. The Kier molecular flexibility index (Phi) is 8.33. The number of methoxy groups -OCH3 is 1. The number of nitrogens with one attached hydrogen (secondary N) is 2. The fraction of sp³-hybridized carbons (Fsp3) is 0.429. The summed E-state index contributed by atoms with van der Waals surface area (Å²) in [5.74, 6) is 1.79. The van der Waals surface area contributed by atoms with E-state index in [1.165, 1.54) is 49.8 Å². The van der Waals surface area contributed by atoms with Crippen LogP contribution in [0.25, 0.3) is 0 Å². The fourth-order valence-corrected chi connectivity index (χ4v) is 6.44. The van der Waals surface area contributed by atoms with Gasteiger partial charge in [-0.15, -0.1) is 0 Å². The van der Waals surface area contributed by atoms with Crippen molar-refractivity contribution >= 4 is 53.7 Å². The Morgan fingerprint density at radius 1 is 0.973 bits per heavy atom. The Morgan fingerprint density at radius 2 is 1.73 bits per heavy atom. The van der Waals surface area contributed by atoms with Crippen LogP contribution in [-0.2, 0) is 0 Å². The van der Waals surface area contributed by atoms with E-state index in [-0.39, 0.29) is 7.92 Å². The Balaban J connectivity index is 1.29. The van der Waals surface area contributed by atoms with Crippen LogP contribution in [0.4, 0.5) is 28.8 Å². The van der Waals surface area contributed by atoms with Gasteiger partial charge in [-0.3, -0.25) is 0 Å². The number of para-hydroxylation sites is 1. The molecule has 2 aliphatic rings. The van der Waals surface area contributed by atoms with Gasteiger partial charge in [0.25, 0.3) is 0 Å². The first-order valence-electron chi connectivity index (χ1n) is 13.0. The molecular weight excluding hydrogens is 503 g/mol. The van der Waals surface area contributed by atoms with Gasteiger partial charge in [-0.1, -0.05) is 37.7 Å². The molecule has 9 heteroatoms. The SMILES string of the molecule is COc1cc(N2CCC(N3CCCC3)CC2)ccc1Nc1ncc(Cl)c(Nc2ccccc2P(C)C)n1. The lowest BCUT2D eigenvalue weighted by Gasteiger charge is -2.38. The molecule has 2 saturated heterocycles. The number of rotatable bonds is 8. The number of nitrogens with zero attached hydrogens (tertiary/aromatic N) is 4. The zero-order valence-corrected chi connectivity index (χ0v) is 23.5. The average Bonchev–Trinajstić information content (AvgIpc) is 3.46. The highest BCUT2D eigenvalue weighted by Crippen LogP contribution is 2.35. The van der Waals surface area contributed by atoms with Gasteiger partial charge in [0, 0.05) is 36.6 Å². The Hall–Kier alpha value is -2.60. The summed E-state index contributed by atoms with van der Waals surface area (Å²) in [7, 11) is 1.42. The summed E-state index contributed by atoms with van der Waals surface area (Å²) in [6, 6.07) is 15.3. The van der Waals surface area contributed by atoms with Crippen molar-refractivity contribution in [2.24, 2.45) is 0 Å². The number of piperidine rings is 1. The van der Waals surface area contributed by atoms with E-state index in [0.717, 1.165) is 36.3 Å². The molecule has 196 valence electrons. The molecule has 3 heterocycles. The summed E-state index contributed by atoms with van der Waals surface area (Å²) in [4.78, 5) is 14.2. The molecule has 7 nitrogen and oxygen atoms in total. The van der Waals surface area contributed by atoms with Crippen molar-refractivity contribution in [1.82, 2.24) is 14.9 Å². The maximum Gasteiger partial charge on any atom is 0.229 e. The van der Waals surface area contributed by atoms with Crippen molar-refractivity contribution in [3.63, 3.8) is 0 Å². The largest absolute Gasteiger partial charge is 0.494 e. The van der Waals surface area contributed by atoms with Crippen LogP contribution >= 0.6 is 19.5 Å². The highest BCUT2D eigenvalue weighted by Gasteiger charge is 2.26. The van der Waals surface area contributed by atoms with E-state index < -0.39 is 0 Å². The Labute approximate surface area is 226 Å². The molecule has 2 N–H and O–H groups in total. The van der Waals surface area contributed by atoms with Crippen LogP contribution in [0.15, 0.2) is 48.7 Å². The molecule has 2 fully saturated rings. The first kappa shape index (κ1) is 26.0. The van der Waals surface area contributed by atoms with E-state index in [9.17, 15) is 0 Å². The van der Waals surface area contributed by atoms with Crippen molar-refractivity contribution in [3.05, 3.63) is 53.7 Å². The van der Waals surface area contributed by atoms with Crippen molar-refractivity contribution < 1.29 is 4.74 Å². The quantitative estimate of drug-likeness (QED) is 0.338. The van der Waals surface area contributed by atoms with Gasteiger partial charge in [0.1, 0.15) is 10.8 Å². The van der Waals surface area contributed by atoms with Gasteiger partial charge in [-0.05, 0) is 75.6 Å². The molecule has 0 saturated carbocycles. The van der Waals surface area contributed by atoms with E-state index >= 15 is 0 Å². The summed E-state index contributed by atoms with van der Waals surface area (Å²) < 4.78 is 5.75. The second-order valence-corrected chi connectivity index (χ2v) is 12.6. The van der Waals surface area contributed by atoms with Crippen LogP contribution < -0.4 is 25.6 Å². The van der Waals surface area contributed by atoms with E-state index in [0.29, 0.717) is 16.8 Å². The molecule has 0 aliphatic carbocycles. The highest BCUT2D eigenvalue weighted by molar-refractivity contribution is 7.64. The standard InChI is InChI=1S/C28H36ClN6OP/c1-36-25-18-21(35-16-12-20(13-17-35)34-14-6-7-15-34)10-11-23(25)32-28-30-19-22(29)27(33-28)31-24-8-4-5-9-26(24)37(2)3/h4-5,8-11,18-20H,6-7,12-17H2,1-3H3,(H2,30,31,32,33). The van der Waals surface area contributed by atoms with Crippen molar-refractivity contribution in [1.29, 1.82) is 0 Å². The zero-order chi connectivity index (χ0) is 25.8. The van der Waals surface area contributed by atoms with Crippen molar-refractivity contribution in [3.8, 4) is 5.75 Å². The van der Waals surface area contributed by atoms with Gasteiger partial charge < -0.3 is 25.2 Å². The number of anilines is 5. The van der Waals surface area contributed by atoms with E-state index in [4.69, 9.17) is 16.3 Å². The van der Waals surface area contributed by atoms with Crippen molar-refractivity contribution in [2.75, 3.05) is 62.2 Å². The molecule has 0 atom stereocenters. The van der Waals surface area contributed by atoms with Crippen LogP contribution in [0.2, 0.25) is 5.02 Å². The fourth-order valence-electron chi connectivity index (χ4n) is 5.31. The van der Waals surface area contributed by atoms with Crippen LogP contribution in [0.3, 0.4) is 0 Å². The second-order valence-electron chi connectivity index (χ2n) is 9.90. The predicted molar refractivity (Wildman–Crippen MR) is 157 cm³/mol. The summed E-state index contributed by atoms with van der Waals surface area (Å²) >= 11 is 6.45. The molecule has 0 radical (unpaired) electrons. The molecule has 2 aromatic carbocycles. The third-order valence-corrected chi connectivity index (χ3v) is 8.93. The number of hydrogen-bond acceptors (Lipinski definition) is 7. The lowest BCUT2D eigenvalue weighted by molar-refractivity contribution is 0.208. The van der Waals surface area contributed by atoms with Crippen LogP contribution in [-0.4, -0.2) is 67.5 Å². The summed E-state index contributed by atoms with van der Waals surface area (Å²) in [6.45, 7) is 9.16. The van der Waals surface area contributed by atoms with Gasteiger partial charge in [-0.25, -0.2) is 4.98 Å². The lowest BCUT2D eigenvalue weighted by atomic mass is 10.0. The number of likely N-dealkylation sites (tertiary alicyclic amines) is 1. The average molecular weight is 539 g/mol. The lowest BCUT2D eigenvalue weighted by Crippen LogP contribution is -2.43. The normalized spacial score (nSPS) is 16.8. The van der Waals surface area contributed by atoms with Crippen LogP contribution in [0, 0.1) is 0 Å². The van der Waals surface area contributed by atoms with Gasteiger partial charge in [0.05, 0.1) is 19.0 Å². The molecule has 0 spiro atoms. The Morgan fingerprint density at radius 3 is 2.46 bits per heavy atom. The van der Waals surface area contributed by atoms with E-state index in [2.05, 4.69) is 74.1 Å². The third kappa shape index (κ3) is 6.11. The Bertz CT molecular complexity index is 1210. The highest BCUT2D eigenvalue weighted by atomic mass is 35.5. The number of aromatic nitrogens is 2. The van der Waals surface area contributed by atoms with Crippen LogP contribution in [0.1, 0.15) is 25.7 Å². The van der Waals surface area contributed by atoms with E-state index in [1.807, 2.05) is 12.1 Å². The molecule has 0 unspecified atom stereocenters. The maximum absolute atomic E-state index is 6.45. The van der Waals surface area contributed by atoms with Gasteiger partial charge in [-0.2, -0.15) is 4.98 Å². The third-order valence-electron chi connectivity index (χ3n) is 7.30. The molecule has 0 bridgehead atoms. The van der Waals surface area contributed by atoms with Crippen molar-refractivity contribution in [2.45, 2.75) is 31.7 Å². The monoisotopic (exact) mass is 538 g/mol. The van der Waals surface area contributed by atoms with Crippen LogP contribution in [0.5, 0.6) is 5.75 Å². The topological polar surface area (TPSA) is 65.6 Å². The van der Waals surface area contributed by atoms with Gasteiger partial charge in [0.2, 0.25) is 5.95 Å². The minimum Gasteiger partial charge on any atom is -0.494 e. The molecular formula is C28H36ClN6OP. The first-order valence-corrected chi connectivity index (χ1v) is 15.6. The predicted octanol–water partition coefficient (Wildman–Crippen LogP) is 6.06. The second kappa shape index (κ2) is 11.8. The maximum atomic E-state index is 6.45. The summed E-state index contributed by atoms with van der Waals surface area (Å²) in [5, 5.41) is 8.46. The summed E-state index contributed by atoms with van der Waals surface area (Å²) in [6.07, 6.45) is 6.77. The molecule has 37 heavy (non-hydrogen) atoms. The molecule has 5 rings (SSSR count). The summed E-state index contributed by atoms with van der Waals surface area (Å²) in [5.41, 5.74) is 3.02. The van der Waals surface area contributed by atoms with E-state index in [1.54, 1.807) is 13.3 Å².